The third-order valence-corrected chi connectivity index (χ3v) is 3.97. The van der Waals surface area contributed by atoms with E-state index in [9.17, 15) is 4.79 Å². The number of aromatic nitrogens is 1. The van der Waals surface area contributed by atoms with Gasteiger partial charge in [0, 0.05) is 3.57 Å². The van der Waals surface area contributed by atoms with E-state index in [1.807, 2.05) is 11.4 Å². The van der Waals surface area contributed by atoms with Crippen LogP contribution in [0.5, 0.6) is 0 Å². The molecule has 2 aromatic rings. The number of aromatic carboxylic acids is 1. The molecule has 2 rings (SSSR count). The lowest BCUT2D eigenvalue weighted by molar-refractivity contribution is 0.0662. The summed E-state index contributed by atoms with van der Waals surface area (Å²) in [6.45, 7) is 1.62. The summed E-state index contributed by atoms with van der Waals surface area (Å²) >= 11 is 3.64. The summed E-state index contributed by atoms with van der Waals surface area (Å²) in [4.78, 5) is 15.7. The summed E-state index contributed by atoms with van der Waals surface area (Å²) in [5.41, 5.74) is 0.404. The molecular weight excluding hydrogens is 329 g/mol. The highest BCUT2D eigenvalue weighted by atomic mass is 127. The number of halogens is 1. The molecule has 4 nitrogen and oxygen atoms in total. The van der Waals surface area contributed by atoms with E-state index >= 15 is 0 Å². The highest BCUT2D eigenvalue weighted by molar-refractivity contribution is 14.1. The quantitative estimate of drug-likeness (QED) is 0.857. The molecule has 15 heavy (non-hydrogen) atoms. The second kappa shape index (κ2) is 3.93. The van der Waals surface area contributed by atoms with Gasteiger partial charge in [-0.05, 0) is 41.0 Å². The fourth-order valence-electron chi connectivity index (χ4n) is 1.14. The molecule has 0 bridgehead atoms. The van der Waals surface area contributed by atoms with Crippen LogP contribution in [0, 0.1) is 10.5 Å². The highest BCUT2D eigenvalue weighted by Gasteiger charge is 2.19. The summed E-state index contributed by atoms with van der Waals surface area (Å²) in [7, 11) is 0. The molecule has 0 aliphatic heterocycles. The van der Waals surface area contributed by atoms with Crippen LogP contribution in [-0.4, -0.2) is 16.1 Å². The Labute approximate surface area is 103 Å². The second-order valence-corrected chi connectivity index (χ2v) is 4.91. The van der Waals surface area contributed by atoms with Crippen LogP contribution in [0.2, 0.25) is 0 Å². The molecule has 2 aromatic heterocycles. The number of carboxylic acids is 1. The van der Waals surface area contributed by atoms with Gasteiger partial charge in [0.15, 0.2) is 0 Å². The molecule has 0 unspecified atom stereocenters. The number of oxazole rings is 1. The lowest BCUT2D eigenvalue weighted by atomic mass is 10.4. The van der Waals surface area contributed by atoms with E-state index < -0.39 is 5.97 Å². The Morgan fingerprint density at radius 3 is 2.87 bits per heavy atom. The van der Waals surface area contributed by atoms with Crippen molar-refractivity contribution >= 4 is 39.9 Å². The number of aryl methyl sites for hydroxylation is 1. The summed E-state index contributed by atoms with van der Waals surface area (Å²) in [6.07, 6.45) is 0. The van der Waals surface area contributed by atoms with Gasteiger partial charge in [0.05, 0.1) is 5.69 Å². The minimum atomic E-state index is -1.09. The zero-order chi connectivity index (χ0) is 11.0. The highest BCUT2D eigenvalue weighted by Crippen LogP contribution is 2.31. The summed E-state index contributed by atoms with van der Waals surface area (Å²) < 4.78 is 6.21. The van der Waals surface area contributed by atoms with E-state index in [-0.39, 0.29) is 5.76 Å². The molecule has 0 aliphatic rings. The first-order chi connectivity index (χ1) is 7.09. The monoisotopic (exact) mass is 335 g/mol. The number of rotatable bonds is 2. The standard InChI is InChI=1S/C9H6INO3S/c1-4-6(9(12)13)14-8(11-4)7-5(10)2-3-15-7/h2-3H,1H3,(H,12,13). The van der Waals surface area contributed by atoms with Crippen molar-refractivity contribution in [2.75, 3.05) is 0 Å². The second-order valence-electron chi connectivity index (χ2n) is 2.84. The molecule has 78 valence electrons. The predicted octanol–water partition coefficient (Wildman–Crippen LogP) is 3.01. The van der Waals surface area contributed by atoms with Gasteiger partial charge in [-0.2, -0.15) is 0 Å². The minimum absolute atomic E-state index is 0.0887. The largest absolute Gasteiger partial charge is 0.475 e. The van der Waals surface area contributed by atoms with Gasteiger partial charge in [-0.25, -0.2) is 9.78 Å². The Bertz CT molecular complexity index is 517. The van der Waals surface area contributed by atoms with Crippen molar-refractivity contribution in [2.45, 2.75) is 6.92 Å². The molecule has 0 fully saturated rings. The zero-order valence-corrected chi connectivity index (χ0v) is 10.6. The average Bonchev–Trinajstić information content (AvgIpc) is 2.71. The minimum Gasteiger partial charge on any atom is -0.475 e. The molecule has 0 amide bonds. The maximum Gasteiger partial charge on any atom is 0.373 e. The van der Waals surface area contributed by atoms with Crippen molar-refractivity contribution in [3.8, 4) is 10.8 Å². The lowest BCUT2D eigenvalue weighted by Crippen LogP contribution is -1.95. The summed E-state index contributed by atoms with van der Waals surface area (Å²) in [6, 6.07) is 1.93. The molecule has 0 aromatic carbocycles. The fourth-order valence-corrected chi connectivity index (χ4v) is 2.88. The molecule has 1 N–H and O–H groups in total. The molecule has 6 heteroatoms. The van der Waals surface area contributed by atoms with Crippen LogP contribution in [0.4, 0.5) is 0 Å². The molecular formula is C9H6INO3S. The van der Waals surface area contributed by atoms with Gasteiger partial charge in [0.25, 0.3) is 0 Å². The first-order valence-corrected chi connectivity index (χ1v) is 5.99. The van der Waals surface area contributed by atoms with E-state index in [4.69, 9.17) is 9.52 Å². The lowest BCUT2D eigenvalue weighted by Gasteiger charge is -1.89. The molecule has 0 radical (unpaired) electrons. The predicted molar refractivity (Wildman–Crippen MR) is 64.2 cm³/mol. The number of thiophene rings is 1. The van der Waals surface area contributed by atoms with Crippen molar-refractivity contribution in [2.24, 2.45) is 0 Å². The molecule has 2 heterocycles. The van der Waals surface area contributed by atoms with E-state index in [0.717, 1.165) is 8.45 Å². The molecule has 0 saturated heterocycles. The van der Waals surface area contributed by atoms with Crippen LogP contribution in [0.15, 0.2) is 15.9 Å². The normalized spacial score (nSPS) is 10.5. The van der Waals surface area contributed by atoms with E-state index in [2.05, 4.69) is 27.6 Å². The third kappa shape index (κ3) is 1.91. The fraction of sp³-hybridized carbons (Fsp3) is 0.111. The number of carbonyl (C=O) groups is 1. The van der Waals surface area contributed by atoms with Gasteiger partial charge in [0.1, 0.15) is 4.88 Å². The maximum absolute atomic E-state index is 10.8. The maximum atomic E-state index is 10.8. The van der Waals surface area contributed by atoms with Crippen molar-refractivity contribution in [3.05, 3.63) is 26.5 Å². The van der Waals surface area contributed by atoms with Crippen LogP contribution >= 0.6 is 33.9 Å². The SMILES string of the molecule is Cc1nc(-c2sccc2I)oc1C(=O)O. The summed E-state index contributed by atoms with van der Waals surface area (Å²) in [5, 5.41) is 10.7. The number of hydrogen-bond donors (Lipinski definition) is 1. The van der Waals surface area contributed by atoms with E-state index in [1.54, 1.807) is 6.92 Å². The topological polar surface area (TPSA) is 63.3 Å². The Balaban J connectivity index is 2.52. The Kier molecular flexibility index (Phi) is 2.79. The third-order valence-electron chi connectivity index (χ3n) is 1.80. The van der Waals surface area contributed by atoms with Crippen molar-refractivity contribution < 1.29 is 14.3 Å². The van der Waals surface area contributed by atoms with Crippen molar-refractivity contribution in [3.63, 3.8) is 0 Å². The molecule has 0 spiro atoms. The number of carboxylic acid groups (broad SMARTS) is 1. The van der Waals surface area contributed by atoms with Crippen molar-refractivity contribution in [1.82, 2.24) is 4.98 Å². The van der Waals surface area contributed by atoms with Crippen LogP contribution in [0.3, 0.4) is 0 Å². The Hall–Kier alpha value is -0.890. The first kappa shape index (κ1) is 10.6. The van der Waals surface area contributed by atoms with Crippen LogP contribution in [0.1, 0.15) is 16.2 Å². The van der Waals surface area contributed by atoms with Crippen LogP contribution in [-0.2, 0) is 0 Å². The summed E-state index contributed by atoms with van der Waals surface area (Å²) in [5.74, 6) is -0.795. The van der Waals surface area contributed by atoms with E-state index in [0.29, 0.717) is 11.6 Å². The Morgan fingerprint density at radius 1 is 1.67 bits per heavy atom. The van der Waals surface area contributed by atoms with Gasteiger partial charge in [-0.3, -0.25) is 0 Å². The molecule has 0 aliphatic carbocycles. The van der Waals surface area contributed by atoms with E-state index in [1.165, 1.54) is 11.3 Å². The van der Waals surface area contributed by atoms with Gasteiger partial charge in [-0.1, -0.05) is 0 Å². The van der Waals surface area contributed by atoms with Crippen molar-refractivity contribution in [1.29, 1.82) is 0 Å². The smallest absolute Gasteiger partial charge is 0.373 e. The van der Waals surface area contributed by atoms with Crippen LogP contribution < -0.4 is 0 Å². The van der Waals surface area contributed by atoms with Crippen LogP contribution in [0.25, 0.3) is 10.8 Å². The Morgan fingerprint density at radius 2 is 2.40 bits per heavy atom. The number of hydrogen-bond acceptors (Lipinski definition) is 4. The van der Waals surface area contributed by atoms with Gasteiger partial charge in [0.2, 0.25) is 11.7 Å². The first-order valence-electron chi connectivity index (χ1n) is 4.03. The van der Waals surface area contributed by atoms with Gasteiger partial charge in [-0.15, -0.1) is 11.3 Å². The molecule has 0 atom stereocenters. The molecule has 0 saturated carbocycles. The average molecular weight is 335 g/mol. The number of nitrogens with zero attached hydrogens (tertiary/aromatic N) is 1. The zero-order valence-electron chi connectivity index (χ0n) is 7.65. The van der Waals surface area contributed by atoms with Gasteiger partial charge >= 0.3 is 5.97 Å². The van der Waals surface area contributed by atoms with Gasteiger partial charge < -0.3 is 9.52 Å².